The molecule has 0 aromatic heterocycles. The van der Waals surface area contributed by atoms with Gasteiger partial charge in [0, 0.05) is 18.0 Å². The predicted molar refractivity (Wildman–Crippen MR) is 108 cm³/mol. The van der Waals surface area contributed by atoms with Gasteiger partial charge in [-0.3, -0.25) is 4.79 Å². The lowest BCUT2D eigenvalue weighted by atomic mass is 9.90. The number of hydrogen-bond donors (Lipinski definition) is 1. The number of piperidine rings is 1. The summed E-state index contributed by atoms with van der Waals surface area (Å²) >= 11 is 1.33. The van der Waals surface area contributed by atoms with Crippen molar-refractivity contribution in [3.8, 4) is 0 Å². The van der Waals surface area contributed by atoms with Crippen LogP contribution in [0.2, 0.25) is 0 Å². The highest BCUT2D eigenvalue weighted by Crippen LogP contribution is 2.29. The van der Waals surface area contributed by atoms with Gasteiger partial charge in [0.25, 0.3) is 0 Å². The Labute approximate surface area is 164 Å². The van der Waals surface area contributed by atoms with Crippen molar-refractivity contribution in [2.75, 3.05) is 13.1 Å². The Morgan fingerprint density at radius 2 is 1.70 bits per heavy atom. The topological polar surface area (TPSA) is 57.6 Å². The molecule has 3 rings (SSSR count). The van der Waals surface area contributed by atoms with Gasteiger partial charge in [-0.2, -0.15) is 0 Å². The molecule has 0 unspecified atom stereocenters. The summed E-state index contributed by atoms with van der Waals surface area (Å²) in [5, 5.41) is 9.01. The minimum absolute atomic E-state index is 0.0957. The van der Waals surface area contributed by atoms with Gasteiger partial charge in [0.15, 0.2) is 0 Å². The first kappa shape index (κ1) is 19.5. The summed E-state index contributed by atoms with van der Waals surface area (Å²) < 4.78 is 0. The number of carbonyl (C=O) groups excluding carboxylic acids is 1. The lowest BCUT2D eigenvalue weighted by Gasteiger charge is -2.33. The van der Waals surface area contributed by atoms with Crippen molar-refractivity contribution in [2.45, 2.75) is 36.3 Å². The summed E-state index contributed by atoms with van der Waals surface area (Å²) in [6, 6.07) is 17.4. The molecule has 1 atom stereocenters. The highest BCUT2D eigenvalue weighted by atomic mass is 32.2. The Bertz CT molecular complexity index is 785. The third kappa shape index (κ3) is 5.13. The lowest BCUT2D eigenvalue weighted by molar-refractivity contribution is -0.131. The Kier molecular flexibility index (Phi) is 6.56. The first-order valence-electron chi connectivity index (χ1n) is 9.36. The number of aromatic carboxylic acids is 1. The minimum Gasteiger partial charge on any atom is -0.478 e. The number of carboxylic acids is 1. The van der Waals surface area contributed by atoms with Gasteiger partial charge in [-0.1, -0.05) is 42.5 Å². The molecule has 27 heavy (non-hydrogen) atoms. The maximum atomic E-state index is 12.8. The highest BCUT2D eigenvalue weighted by Gasteiger charge is 2.27. The average Bonchev–Trinajstić information content (AvgIpc) is 2.69. The fourth-order valence-electron chi connectivity index (χ4n) is 3.55. The van der Waals surface area contributed by atoms with E-state index in [0.717, 1.165) is 32.4 Å². The Hall–Kier alpha value is -2.27. The molecule has 1 N–H and O–H groups in total. The lowest BCUT2D eigenvalue weighted by Crippen LogP contribution is -2.42. The van der Waals surface area contributed by atoms with Gasteiger partial charge in [-0.15, -0.1) is 11.8 Å². The molecule has 142 valence electrons. The van der Waals surface area contributed by atoms with Crippen LogP contribution in [-0.4, -0.2) is 40.2 Å². The van der Waals surface area contributed by atoms with E-state index in [1.165, 1.54) is 17.3 Å². The van der Waals surface area contributed by atoms with Crippen LogP contribution >= 0.6 is 11.8 Å². The van der Waals surface area contributed by atoms with E-state index in [1.807, 2.05) is 17.9 Å². The van der Waals surface area contributed by atoms with Gasteiger partial charge in [-0.25, -0.2) is 4.79 Å². The van der Waals surface area contributed by atoms with Crippen molar-refractivity contribution in [1.29, 1.82) is 0 Å². The van der Waals surface area contributed by atoms with E-state index < -0.39 is 5.97 Å². The maximum absolute atomic E-state index is 12.8. The molecular weight excluding hydrogens is 358 g/mol. The van der Waals surface area contributed by atoms with E-state index in [4.69, 9.17) is 0 Å². The van der Waals surface area contributed by atoms with Crippen molar-refractivity contribution < 1.29 is 14.7 Å². The molecule has 1 aliphatic heterocycles. The summed E-state index contributed by atoms with van der Waals surface area (Å²) in [4.78, 5) is 26.7. The smallest absolute Gasteiger partial charge is 0.336 e. The first-order valence-corrected chi connectivity index (χ1v) is 10.2. The van der Waals surface area contributed by atoms with Crippen LogP contribution in [0.25, 0.3) is 0 Å². The Balaban J connectivity index is 1.54. The molecule has 1 fully saturated rings. The normalized spacial score (nSPS) is 16.1. The molecule has 2 aromatic carbocycles. The molecular formula is C22H25NO3S. The Morgan fingerprint density at radius 1 is 1.07 bits per heavy atom. The zero-order valence-corrected chi connectivity index (χ0v) is 16.3. The quantitative estimate of drug-likeness (QED) is 0.754. The molecule has 1 amide bonds. The van der Waals surface area contributed by atoms with Crippen molar-refractivity contribution in [3.63, 3.8) is 0 Å². The third-order valence-electron chi connectivity index (χ3n) is 5.06. The SMILES string of the molecule is C[C@@H](Sc1ccccc1C(=O)O)C(=O)N1CCC(Cc2ccccc2)CC1. The number of carboxylic acid groups (broad SMARTS) is 1. The van der Waals surface area contributed by atoms with Crippen LogP contribution < -0.4 is 0 Å². The van der Waals surface area contributed by atoms with Gasteiger partial charge in [0.1, 0.15) is 0 Å². The van der Waals surface area contributed by atoms with Gasteiger partial charge in [0.05, 0.1) is 10.8 Å². The number of hydrogen-bond acceptors (Lipinski definition) is 3. The van der Waals surface area contributed by atoms with E-state index in [9.17, 15) is 14.7 Å². The molecule has 0 aliphatic carbocycles. The van der Waals surface area contributed by atoms with E-state index in [1.54, 1.807) is 24.3 Å². The summed E-state index contributed by atoms with van der Waals surface area (Å²) in [5.41, 5.74) is 1.61. The number of amides is 1. The molecule has 2 aromatic rings. The largest absolute Gasteiger partial charge is 0.478 e. The fourth-order valence-corrected chi connectivity index (χ4v) is 4.62. The van der Waals surface area contributed by atoms with Crippen molar-refractivity contribution in [1.82, 2.24) is 4.90 Å². The van der Waals surface area contributed by atoms with Crippen LogP contribution in [0.5, 0.6) is 0 Å². The number of rotatable bonds is 6. The van der Waals surface area contributed by atoms with Crippen LogP contribution in [0.15, 0.2) is 59.5 Å². The van der Waals surface area contributed by atoms with Gasteiger partial charge in [-0.05, 0) is 49.8 Å². The van der Waals surface area contributed by atoms with Crippen LogP contribution in [0.3, 0.4) is 0 Å². The third-order valence-corrected chi connectivity index (χ3v) is 6.23. The Morgan fingerprint density at radius 3 is 2.37 bits per heavy atom. The number of nitrogens with zero attached hydrogens (tertiary/aromatic N) is 1. The van der Waals surface area contributed by atoms with Crippen LogP contribution in [-0.2, 0) is 11.2 Å². The zero-order chi connectivity index (χ0) is 19.2. The van der Waals surface area contributed by atoms with Crippen molar-refractivity contribution in [2.24, 2.45) is 5.92 Å². The number of likely N-dealkylation sites (tertiary alicyclic amines) is 1. The van der Waals surface area contributed by atoms with Crippen LogP contribution in [0, 0.1) is 5.92 Å². The molecule has 1 saturated heterocycles. The summed E-state index contributed by atoms with van der Waals surface area (Å²) in [7, 11) is 0. The van der Waals surface area contributed by atoms with E-state index in [0.29, 0.717) is 10.8 Å². The highest BCUT2D eigenvalue weighted by molar-refractivity contribution is 8.00. The molecule has 0 bridgehead atoms. The van der Waals surface area contributed by atoms with Gasteiger partial charge < -0.3 is 10.0 Å². The maximum Gasteiger partial charge on any atom is 0.336 e. The fraction of sp³-hybridized carbons (Fsp3) is 0.364. The minimum atomic E-state index is -0.959. The number of benzene rings is 2. The second-order valence-electron chi connectivity index (χ2n) is 7.02. The van der Waals surface area contributed by atoms with Crippen molar-refractivity contribution >= 4 is 23.6 Å². The number of thioether (sulfide) groups is 1. The number of carbonyl (C=O) groups is 2. The summed E-state index contributed by atoms with van der Waals surface area (Å²) in [6.07, 6.45) is 3.10. The summed E-state index contributed by atoms with van der Waals surface area (Å²) in [6.45, 7) is 3.42. The standard InChI is InChI=1S/C22H25NO3S/c1-16(27-20-10-6-5-9-19(20)22(25)26)21(24)23-13-11-18(12-14-23)15-17-7-3-2-4-8-17/h2-10,16,18H,11-15H2,1H3,(H,25,26)/t16-/m1/s1. The molecule has 0 radical (unpaired) electrons. The summed E-state index contributed by atoms with van der Waals surface area (Å²) in [5.74, 6) is -0.245. The van der Waals surface area contributed by atoms with Gasteiger partial charge >= 0.3 is 5.97 Å². The monoisotopic (exact) mass is 383 g/mol. The zero-order valence-electron chi connectivity index (χ0n) is 15.5. The predicted octanol–water partition coefficient (Wildman–Crippen LogP) is 4.35. The van der Waals surface area contributed by atoms with Crippen molar-refractivity contribution in [3.05, 3.63) is 65.7 Å². The molecule has 1 heterocycles. The second-order valence-corrected chi connectivity index (χ2v) is 8.40. The van der Waals surface area contributed by atoms with Gasteiger partial charge in [0.2, 0.25) is 5.91 Å². The van der Waals surface area contributed by atoms with Crippen LogP contribution in [0.4, 0.5) is 0 Å². The van der Waals surface area contributed by atoms with E-state index >= 15 is 0 Å². The van der Waals surface area contributed by atoms with E-state index in [-0.39, 0.29) is 16.7 Å². The molecule has 0 saturated carbocycles. The van der Waals surface area contributed by atoms with Crippen LogP contribution in [0.1, 0.15) is 35.7 Å². The average molecular weight is 384 g/mol. The molecule has 0 spiro atoms. The molecule has 1 aliphatic rings. The second kappa shape index (κ2) is 9.09. The molecule has 4 nitrogen and oxygen atoms in total. The molecule has 5 heteroatoms. The van der Waals surface area contributed by atoms with E-state index in [2.05, 4.69) is 24.3 Å². The first-order chi connectivity index (χ1) is 13.0.